The molecule has 5 nitrogen and oxygen atoms in total. The summed E-state index contributed by atoms with van der Waals surface area (Å²) in [5.74, 6) is -1.56. The number of ether oxygens (including phenoxy) is 1. The molecule has 2 aliphatic rings. The molecular formula is C10H17F3N2O3S. The van der Waals surface area contributed by atoms with Crippen LogP contribution in [0.1, 0.15) is 12.8 Å². The van der Waals surface area contributed by atoms with Gasteiger partial charge < -0.3 is 4.74 Å². The van der Waals surface area contributed by atoms with Crippen LogP contribution in [0, 0.1) is 5.92 Å². The van der Waals surface area contributed by atoms with Crippen LogP contribution in [0.2, 0.25) is 0 Å². The third kappa shape index (κ3) is 3.39. The largest absolute Gasteiger partial charge is 0.393 e. The van der Waals surface area contributed by atoms with E-state index in [1.165, 1.54) is 4.31 Å². The van der Waals surface area contributed by atoms with E-state index in [0.29, 0.717) is 0 Å². The summed E-state index contributed by atoms with van der Waals surface area (Å²) >= 11 is 0. The molecule has 2 aliphatic heterocycles. The first-order chi connectivity index (χ1) is 8.82. The number of morpholine rings is 1. The summed E-state index contributed by atoms with van der Waals surface area (Å²) in [6.07, 6.45) is -4.09. The summed E-state index contributed by atoms with van der Waals surface area (Å²) in [6.45, 7) is 0.673. The number of nitrogens with zero attached hydrogens (tertiary/aromatic N) is 2. The molecule has 0 aromatic heterocycles. The van der Waals surface area contributed by atoms with Gasteiger partial charge in [-0.25, -0.2) is 0 Å². The van der Waals surface area contributed by atoms with Crippen molar-refractivity contribution in [3.05, 3.63) is 0 Å². The van der Waals surface area contributed by atoms with E-state index in [0.717, 1.165) is 4.31 Å². The first kappa shape index (κ1) is 15.0. The van der Waals surface area contributed by atoms with Crippen LogP contribution in [-0.2, 0) is 14.9 Å². The first-order valence-electron chi connectivity index (χ1n) is 6.21. The monoisotopic (exact) mass is 302 g/mol. The van der Waals surface area contributed by atoms with Gasteiger partial charge in [-0.2, -0.15) is 30.2 Å². The molecule has 0 unspecified atom stereocenters. The quantitative estimate of drug-likeness (QED) is 0.759. The lowest BCUT2D eigenvalue weighted by molar-refractivity contribution is -0.182. The van der Waals surface area contributed by atoms with Crippen molar-refractivity contribution in [1.82, 2.24) is 8.61 Å². The minimum absolute atomic E-state index is 0.00136. The molecule has 19 heavy (non-hydrogen) atoms. The van der Waals surface area contributed by atoms with Crippen LogP contribution in [0.4, 0.5) is 13.2 Å². The molecule has 112 valence electrons. The zero-order chi connectivity index (χ0) is 14.1. The summed E-state index contributed by atoms with van der Waals surface area (Å²) in [5, 5.41) is 0. The SMILES string of the molecule is O=S(=O)(N1CCOCC1)N1CCC[C@@H](C(F)(F)F)C1. The maximum Gasteiger partial charge on any atom is 0.393 e. The molecule has 0 radical (unpaired) electrons. The molecule has 2 rings (SSSR count). The van der Waals surface area contributed by atoms with Crippen molar-refractivity contribution in [3.8, 4) is 0 Å². The average Bonchev–Trinajstić information content (AvgIpc) is 2.39. The highest BCUT2D eigenvalue weighted by atomic mass is 32.2. The Kier molecular flexibility index (Phi) is 4.38. The van der Waals surface area contributed by atoms with Crippen LogP contribution in [0.25, 0.3) is 0 Å². The Bertz CT molecular complexity index is 407. The molecule has 2 heterocycles. The predicted octanol–water partition coefficient (Wildman–Crippen LogP) is 0.838. The van der Waals surface area contributed by atoms with Gasteiger partial charge in [-0.1, -0.05) is 0 Å². The number of hydrogen-bond donors (Lipinski definition) is 0. The topological polar surface area (TPSA) is 49.9 Å². The van der Waals surface area contributed by atoms with Gasteiger partial charge in [-0.3, -0.25) is 0 Å². The van der Waals surface area contributed by atoms with Crippen molar-refractivity contribution in [2.24, 2.45) is 5.92 Å². The second-order valence-corrected chi connectivity index (χ2v) is 6.69. The standard InChI is InChI=1S/C10H17F3N2O3S/c11-10(12,13)9-2-1-3-15(8-9)19(16,17)14-4-6-18-7-5-14/h9H,1-8H2/t9-/m1/s1. The van der Waals surface area contributed by atoms with Crippen LogP contribution in [0.3, 0.4) is 0 Å². The van der Waals surface area contributed by atoms with Gasteiger partial charge in [-0.05, 0) is 12.8 Å². The maximum absolute atomic E-state index is 12.7. The Balaban J connectivity index is 2.07. The van der Waals surface area contributed by atoms with E-state index in [1.54, 1.807) is 0 Å². The molecule has 2 fully saturated rings. The van der Waals surface area contributed by atoms with Crippen molar-refractivity contribution in [2.75, 3.05) is 39.4 Å². The van der Waals surface area contributed by atoms with Gasteiger partial charge in [0.25, 0.3) is 10.2 Å². The smallest absolute Gasteiger partial charge is 0.379 e. The van der Waals surface area contributed by atoms with E-state index in [2.05, 4.69) is 0 Å². The number of rotatable bonds is 2. The molecule has 2 saturated heterocycles. The van der Waals surface area contributed by atoms with Gasteiger partial charge in [0.05, 0.1) is 19.1 Å². The molecule has 0 N–H and O–H groups in total. The Morgan fingerprint density at radius 3 is 2.26 bits per heavy atom. The van der Waals surface area contributed by atoms with Gasteiger partial charge >= 0.3 is 6.18 Å². The Labute approximate surface area is 110 Å². The lowest BCUT2D eigenvalue weighted by atomic mass is 9.99. The molecule has 0 amide bonds. The first-order valence-corrected chi connectivity index (χ1v) is 7.61. The minimum Gasteiger partial charge on any atom is -0.379 e. The molecule has 0 spiro atoms. The van der Waals surface area contributed by atoms with Gasteiger partial charge in [-0.15, -0.1) is 0 Å². The molecule has 1 atom stereocenters. The summed E-state index contributed by atoms with van der Waals surface area (Å²) in [6, 6.07) is 0. The second-order valence-electron chi connectivity index (χ2n) is 4.76. The summed E-state index contributed by atoms with van der Waals surface area (Å²) in [5.41, 5.74) is 0. The highest BCUT2D eigenvalue weighted by Gasteiger charge is 2.45. The predicted molar refractivity (Wildman–Crippen MR) is 61.7 cm³/mol. The molecule has 0 aromatic rings. The van der Waals surface area contributed by atoms with Crippen molar-refractivity contribution in [3.63, 3.8) is 0 Å². The van der Waals surface area contributed by atoms with Gasteiger partial charge in [0.2, 0.25) is 0 Å². The highest BCUT2D eigenvalue weighted by molar-refractivity contribution is 7.86. The van der Waals surface area contributed by atoms with Crippen molar-refractivity contribution >= 4 is 10.2 Å². The van der Waals surface area contributed by atoms with E-state index >= 15 is 0 Å². The van der Waals surface area contributed by atoms with Gasteiger partial charge in [0, 0.05) is 26.2 Å². The summed E-state index contributed by atoms with van der Waals surface area (Å²) in [4.78, 5) is 0. The zero-order valence-corrected chi connectivity index (χ0v) is 11.2. The minimum atomic E-state index is -4.33. The van der Waals surface area contributed by atoms with E-state index in [9.17, 15) is 21.6 Å². The van der Waals surface area contributed by atoms with Crippen LogP contribution < -0.4 is 0 Å². The van der Waals surface area contributed by atoms with E-state index in [4.69, 9.17) is 4.74 Å². The molecule has 0 saturated carbocycles. The molecule has 0 aliphatic carbocycles. The zero-order valence-electron chi connectivity index (χ0n) is 10.4. The maximum atomic E-state index is 12.7. The fraction of sp³-hybridized carbons (Fsp3) is 1.00. The normalized spacial score (nSPS) is 28.5. The fourth-order valence-corrected chi connectivity index (χ4v) is 4.03. The summed E-state index contributed by atoms with van der Waals surface area (Å²) < 4.78 is 69.8. The van der Waals surface area contributed by atoms with E-state index in [1.807, 2.05) is 0 Å². The summed E-state index contributed by atoms with van der Waals surface area (Å²) in [7, 11) is -3.79. The number of hydrogen-bond acceptors (Lipinski definition) is 3. The number of alkyl halides is 3. The highest BCUT2D eigenvalue weighted by Crippen LogP contribution is 2.34. The third-order valence-corrected chi connectivity index (χ3v) is 5.47. The fourth-order valence-electron chi connectivity index (χ4n) is 2.36. The van der Waals surface area contributed by atoms with Gasteiger partial charge in [0.1, 0.15) is 0 Å². The Morgan fingerprint density at radius 1 is 1.05 bits per heavy atom. The van der Waals surface area contributed by atoms with Crippen LogP contribution >= 0.6 is 0 Å². The van der Waals surface area contributed by atoms with E-state index < -0.39 is 28.8 Å². The third-order valence-electron chi connectivity index (χ3n) is 3.47. The van der Waals surface area contributed by atoms with Crippen LogP contribution in [0.5, 0.6) is 0 Å². The Morgan fingerprint density at radius 2 is 1.68 bits per heavy atom. The molecule has 9 heteroatoms. The second kappa shape index (κ2) is 5.55. The number of halogens is 3. The van der Waals surface area contributed by atoms with E-state index in [-0.39, 0.29) is 45.7 Å². The lowest BCUT2D eigenvalue weighted by Crippen LogP contribution is -2.52. The van der Waals surface area contributed by atoms with Crippen molar-refractivity contribution in [1.29, 1.82) is 0 Å². The van der Waals surface area contributed by atoms with Crippen molar-refractivity contribution in [2.45, 2.75) is 19.0 Å². The van der Waals surface area contributed by atoms with Gasteiger partial charge in [0.15, 0.2) is 0 Å². The Hall–Kier alpha value is -0.380. The molecule has 0 bridgehead atoms. The van der Waals surface area contributed by atoms with Crippen LogP contribution in [-0.4, -0.2) is 62.6 Å². The lowest BCUT2D eigenvalue weighted by Gasteiger charge is -2.37. The average molecular weight is 302 g/mol. The molecular weight excluding hydrogens is 285 g/mol. The van der Waals surface area contributed by atoms with Crippen LogP contribution in [0.15, 0.2) is 0 Å². The van der Waals surface area contributed by atoms with Crippen molar-refractivity contribution < 1.29 is 26.3 Å². The molecule has 0 aromatic carbocycles. The number of piperidine rings is 1.